The van der Waals surface area contributed by atoms with Crippen molar-refractivity contribution in [1.29, 1.82) is 0 Å². The van der Waals surface area contributed by atoms with Crippen molar-refractivity contribution in [3.05, 3.63) is 23.8 Å². The van der Waals surface area contributed by atoms with E-state index in [9.17, 15) is 4.79 Å². The Bertz CT molecular complexity index is 406. The molecule has 1 amide bonds. The smallest absolute Gasteiger partial charge is 0.234 e. The summed E-state index contributed by atoms with van der Waals surface area (Å²) in [6.07, 6.45) is 0.409. The Morgan fingerprint density at radius 1 is 1.31 bits per heavy atom. The number of primary amides is 1. The molecule has 0 aliphatic carbocycles. The molecule has 0 saturated carbocycles. The minimum absolute atomic E-state index is 0.409. The first-order valence-corrected chi connectivity index (χ1v) is 5.10. The van der Waals surface area contributed by atoms with Crippen molar-refractivity contribution in [1.82, 2.24) is 0 Å². The molecule has 0 fully saturated rings. The normalized spacial score (nSPS) is 15.6. The highest BCUT2D eigenvalue weighted by Gasteiger charge is 2.14. The van der Waals surface area contributed by atoms with Gasteiger partial charge in [-0.25, -0.2) is 0 Å². The number of benzene rings is 1. The number of rotatable bonds is 3. The Kier molecular flexibility index (Phi) is 2.96. The van der Waals surface area contributed by atoms with Crippen LogP contribution in [0.5, 0.6) is 11.5 Å². The maximum Gasteiger partial charge on any atom is 0.234 e. The summed E-state index contributed by atoms with van der Waals surface area (Å²) in [5.74, 6) is 0.915. The van der Waals surface area contributed by atoms with Gasteiger partial charge >= 0.3 is 0 Å². The average molecular weight is 222 g/mol. The molecule has 0 radical (unpaired) electrons. The van der Waals surface area contributed by atoms with Gasteiger partial charge in [-0.3, -0.25) is 4.79 Å². The van der Waals surface area contributed by atoms with E-state index in [4.69, 9.17) is 20.9 Å². The largest absolute Gasteiger partial charge is 0.486 e. The molecule has 16 heavy (non-hydrogen) atoms. The lowest BCUT2D eigenvalue weighted by atomic mass is 10.1. The first kappa shape index (κ1) is 10.8. The summed E-state index contributed by atoms with van der Waals surface area (Å²) in [5, 5.41) is 0. The lowest BCUT2D eigenvalue weighted by Gasteiger charge is -2.19. The lowest BCUT2D eigenvalue weighted by Crippen LogP contribution is -2.38. The summed E-state index contributed by atoms with van der Waals surface area (Å²) in [6.45, 7) is 1.10. The third-order valence-corrected chi connectivity index (χ3v) is 2.43. The number of carbonyl (C=O) groups is 1. The van der Waals surface area contributed by atoms with E-state index >= 15 is 0 Å². The van der Waals surface area contributed by atoms with Crippen LogP contribution >= 0.6 is 0 Å². The molecule has 5 heteroatoms. The molecular formula is C11H14N2O3. The van der Waals surface area contributed by atoms with Gasteiger partial charge in [-0.05, 0) is 24.1 Å². The second-order valence-electron chi connectivity index (χ2n) is 3.69. The number of carbonyl (C=O) groups excluding carboxylic acids is 1. The van der Waals surface area contributed by atoms with Gasteiger partial charge in [0.15, 0.2) is 11.5 Å². The second-order valence-corrected chi connectivity index (χ2v) is 3.69. The fourth-order valence-electron chi connectivity index (χ4n) is 1.57. The third-order valence-electron chi connectivity index (χ3n) is 2.43. The molecule has 5 nitrogen and oxygen atoms in total. The van der Waals surface area contributed by atoms with Gasteiger partial charge in [-0.1, -0.05) is 6.07 Å². The van der Waals surface area contributed by atoms with Gasteiger partial charge in [-0.2, -0.15) is 0 Å². The van der Waals surface area contributed by atoms with E-state index in [-0.39, 0.29) is 0 Å². The van der Waals surface area contributed by atoms with Crippen LogP contribution in [0.4, 0.5) is 0 Å². The van der Waals surface area contributed by atoms with Crippen LogP contribution in [0, 0.1) is 0 Å². The van der Waals surface area contributed by atoms with Crippen molar-refractivity contribution in [2.75, 3.05) is 13.2 Å². The number of hydrogen-bond donors (Lipinski definition) is 2. The van der Waals surface area contributed by atoms with E-state index in [1.165, 1.54) is 0 Å². The van der Waals surface area contributed by atoms with Crippen molar-refractivity contribution in [2.45, 2.75) is 12.5 Å². The molecule has 86 valence electrons. The average Bonchev–Trinajstić information content (AvgIpc) is 2.28. The van der Waals surface area contributed by atoms with Crippen LogP contribution in [0.2, 0.25) is 0 Å². The van der Waals surface area contributed by atoms with Crippen LogP contribution in [0.1, 0.15) is 5.56 Å². The van der Waals surface area contributed by atoms with Crippen molar-refractivity contribution in [2.24, 2.45) is 11.5 Å². The van der Waals surface area contributed by atoms with Gasteiger partial charge in [0, 0.05) is 0 Å². The van der Waals surface area contributed by atoms with Gasteiger partial charge in [0.1, 0.15) is 13.2 Å². The number of amides is 1. The van der Waals surface area contributed by atoms with Gasteiger partial charge in [0.05, 0.1) is 6.04 Å². The molecule has 0 unspecified atom stereocenters. The summed E-state index contributed by atoms with van der Waals surface area (Å²) in [4.78, 5) is 10.8. The Hall–Kier alpha value is -1.75. The molecule has 1 aliphatic rings. The third kappa shape index (κ3) is 2.25. The molecule has 2 rings (SSSR count). The summed E-state index contributed by atoms with van der Waals surface area (Å²) >= 11 is 0. The first-order valence-electron chi connectivity index (χ1n) is 5.10. The summed E-state index contributed by atoms with van der Waals surface area (Å²) < 4.78 is 10.8. The predicted molar refractivity (Wildman–Crippen MR) is 58.3 cm³/mol. The zero-order valence-corrected chi connectivity index (χ0v) is 8.81. The van der Waals surface area contributed by atoms with E-state index in [1.54, 1.807) is 0 Å². The molecule has 0 aromatic heterocycles. The van der Waals surface area contributed by atoms with E-state index in [2.05, 4.69) is 0 Å². The zero-order chi connectivity index (χ0) is 11.5. The Balaban J connectivity index is 2.14. The number of hydrogen-bond acceptors (Lipinski definition) is 4. The van der Waals surface area contributed by atoms with Gasteiger partial charge in [0.2, 0.25) is 5.91 Å². The summed E-state index contributed by atoms with van der Waals surface area (Å²) in [5.41, 5.74) is 11.6. The molecule has 0 saturated heterocycles. The topological polar surface area (TPSA) is 87.6 Å². The van der Waals surface area contributed by atoms with Crippen LogP contribution in [0.3, 0.4) is 0 Å². The lowest BCUT2D eigenvalue weighted by molar-refractivity contribution is -0.119. The van der Waals surface area contributed by atoms with Crippen LogP contribution in [-0.4, -0.2) is 25.2 Å². The molecule has 1 heterocycles. The van der Waals surface area contributed by atoms with E-state index in [1.807, 2.05) is 18.2 Å². The van der Waals surface area contributed by atoms with Crippen molar-refractivity contribution in [3.63, 3.8) is 0 Å². The van der Waals surface area contributed by atoms with Gasteiger partial charge in [0.25, 0.3) is 0 Å². The first-order chi connectivity index (χ1) is 7.66. The van der Waals surface area contributed by atoms with E-state index in [0.29, 0.717) is 25.4 Å². The molecule has 1 aromatic rings. The van der Waals surface area contributed by atoms with Gasteiger partial charge in [-0.15, -0.1) is 0 Å². The highest BCUT2D eigenvalue weighted by Crippen LogP contribution is 2.30. The Labute approximate surface area is 93.3 Å². The predicted octanol–water partition coefficient (Wildman–Crippen LogP) is -0.187. The number of ether oxygens (including phenoxy) is 2. The summed E-state index contributed by atoms with van der Waals surface area (Å²) in [6, 6.07) is 4.84. The van der Waals surface area contributed by atoms with Crippen LogP contribution in [-0.2, 0) is 11.2 Å². The van der Waals surface area contributed by atoms with Gasteiger partial charge < -0.3 is 20.9 Å². The van der Waals surface area contributed by atoms with Crippen LogP contribution in [0.25, 0.3) is 0 Å². The second kappa shape index (κ2) is 4.40. The standard InChI is InChI=1S/C11H14N2O3/c12-8(11(13)14)5-7-1-2-9-10(6-7)16-4-3-15-9/h1-2,6,8H,3-5,12H2,(H2,13,14)/t8-/m0/s1. The maximum atomic E-state index is 10.8. The number of nitrogens with two attached hydrogens (primary N) is 2. The SMILES string of the molecule is NC(=O)[C@@H](N)Cc1ccc2c(c1)OCCO2. The minimum atomic E-state index is -0.664. The molecule has 1 aromatic carbocycles. The van der Waals surface area contributed by atoms with Crippen LogP contribution in [0.15, 0.2) is 18.2 Å². The van der Waals surface area contributed by atoms with Crippen molar-refractivity contribution >= 4 is 5.91 Å². The van der Waals surface area contributed by atoms with Crippen LogP contribution < -0.4 is 20.9 Å². The minimum Gasteiger partial charge on any atom is -0.486 e. The highest BCUT2D eigenvalue weighted by molar-refractivity contribution is 5.79. The molecule has 4 N–H and O–H groups in total. The quantitative estimate of drug-likeness (QED) is 0.742. The molecule has 1 aliphatic heterocycles. The molecule has 0 spiro atoms. The molecule has 1 atom stereocenters. The Morgan fingerprint density at radius 3 is 2.69 bits per heavy atom. The fraction of sp³-hybridized carbons (Fsp3) is 0.364. The molecule has 0 bridgehead atoms. The highest BCUT2D eigenvalue weighted by atomic mass is 16.6. The Morgan fingerprint density at radius 2 is 2.00 bits per heavy atom. The summed E-state index contributed by atoms with van der Waals surface area (Å²) in [7, 11) is 0. The fourth-order valence-corrected chi connectivity index (χ4v) is 1.57. The van der Waals surface area contributed by atoms with Crippen molar-refractivity contribution in [3.8, 4) is 11.5 Å². The van der Waals surface area contributed by atoms with E-state index < -0.39 is 11.9 Å². The maximum absolute atomic E-state index is 10.8. The molecular weight excluding hydrogens is 208 g/mol. The van der Waals surface area contributed by atoms with Crippen molar-refractivity contribution < 1.29 is 14.3 Å². The number of fused-ring (bicyclic) bond motifs is 1. The zero-order valence-electron chi connectivity index (χ0n) is 8.81. The van der Waals surface area contributed by atoms with E-state index in [0.717, 1.165) is 11.3 Å². The monoisotopic (exact) mass is 222 g/mol.